The van der Waals surface area contributed by atoms with Crippen molar-refractivity contribution in [2.75, 3.05) is 18.1 Å². The van der Waals surface area contributed by atoms with Gasteiger partial charge in [-0.05, 0) is 27.4 Å². The van der Waals surface area contributed by atoms with Crippen LogP contribution in [0.4, 0.5) is 0 Å². The van der Waals surface area contributed by atoms with Crippen LogP contribution in [0.2, 0.25) is 0 Å². The van der Waals surface area contributed by atoms with Crippen LogP contribution in [0.3, 0.4) is 0 Å². The minimum absolute atomic E-state index is 0.0738. The molecule has 0 bridgehead atoms. The van der Waals surface area contributed by atoms with Gasteiger partial charge in [-0.25, -0.2) is 8.42 Å². The van der Waals surface area contributed by atoms with Crippen LogP contribution in [0.5, 0.6) is 0 Å². The Morgan fingerprint density at radius 3 is 2.94 bits per heavy atom. The SMILES string of the molecule is O=C(Cc1sccc1Br)CC1CS(=O)(=O)CCN1. The summed E-state index contributed by atoms with van der Waals surface area (Å²) in [5.41, 5.74) is 0. The molecule has 0 aromatic carbocycles. The second-order valence-corrected chi connectivity index (χ2v) is 8.46. The fraction of sp³-hybridized carbons (Fsp3) is 0.545. The topological polar surface area (TPSA) is 63.2 Å². The van der Waals surface area contributed by atoms with E-state index in [1.165, 1.54) is 11.3 Å². The number of Topliss-reactive ketones (excluding diaryl/α,β-unsaturated/α-hetero) is 1. The first-order chi connectivity index (χ1) is 8.46. The summed E-state index contributed by atoms with van der Waals surface area (Å²) in [7, 11) is -2.97. The third-order valence-electron chi connectivity index (χ3n) is 2.82. The van der Waals surface area contributed by atoms with Crippen molar-refractivity contribution >= 4 is 42.9 Å². The summed E-state index contributed by atoms with van der Waals surface area (Å²) in [5, 5.41) is 5.02. The summed E-state index contributed by atoms with van der Waals surface area (Å²) in [5.74, 6) is 0.325. The molecule has 0 spiro atoms. The maximum absolute atomic E-state index is 11.9. The molecule has 1 fully saturated rings. The molecule has 1 atom stereocenters. The highest BCUT2D eigenvalue weighted by atomic mass is 79.9. The average molecular weight is 352 g/mol. The molecule has 1 saturated heterocycles. The molecule has 2 heterocycles. The Morgan fingerprint density at radius 1 is 1.56 bits per heavy atom. The van der Waals surface area contributed by atoms with Crippen molar-refractivity contribution in [2.24, 2.45) is 0 Å². The van der Waals surface area contributed by atoms with Crippen LogP contribution < -0.4 is 5.32 Å². The lowest BCUT2D eigenvalue weighted by Gasteiger charge is -2.22. The van der Waals surface area contributed by atoms with Crippen molar-refractivity contribution in [2.45, 2.75) is 18.9 Å². The molecule has 0 amide bonds. The standard InChI is InChI=1S/C11H14BrNO3S2/c12-10-1-3-17-11(10)6-9(14)5-8-7-18(15,16)4-2-13-8/h1,3,8,13H,2,4-7H2. The van der Waals surface area contributed by atoms with Crippen molar-refractivity contribution in [1.82, 2.24) is 5.32 Å². The third kappa shape index (κ3) is 3.88. The number of carbonyl (C=O) groups is 1. The van der Waals surface area contributed by atoms with Gasteiger partial charge in [0.25, 0.3) is 0 Å². The maximum atomic E-state index is 11.9. The number of thiophene rings is 1. The Kier molecular flexibility index (Phi) is 4.58. The first-order valence-corrected chi connectivity index (χ1v) is 9.13. The molecule has 100 valence electrons. The highest BCUT2D eigenvalue weighted by molar-refractivity contribution is 9.10. The zero-order chi connectivity index (χ0) is 13.2. The monoisotopic (exact) mass is 351 g/mol. The lowest BCUT2D eigenvalue weighted by molar-refractivity contribution is -0.118. The number of halogens is 1. The molecule has 0 aliphatic carbocycles. The van der Waals surface area contributed by atoms with E-state index in [0.717, 1.165) is 9.35 Å². The van der Waals surface area contributed by atoms with E-state index >= 15 is 0 Å². The molecule has 18 heavy (non-hydrogen) atoms. The van der Waals surface area contributed by atoms with Crippen LogP contribution in [0.15, 0.2) is 15.9 Å². The summed E-state index contributed by atoms with van der Waals surface area (Å²) in [4.78, 5) is 12.9. The van der Waals surface area contributed by atoms with Crippen molar-refractivity contribution in [3.05, 3.63) is 20.8 Å². The first-order valence-electron chi connectivity index (χ1n) is 5.64. The van der Waals surface area contributed by atoms with Gasteiger partial charge in [-0.15, -0.1) is 11.3 Å². The zero-order valence-electron chi connectivity index (χ0n) is 9.69. The second kappa shape index (κ2) is 5.81. The summed E-state index contributed by atoms with van der Waals surface area (Å²) >= 11 is 4.92. The molecule has 1 N–H and O–H groups in total. The smallest absolute Gasteiger partial charge is 0.153 e. The Labute approximate surface area is 119 Å². The fourth-order valence-electron chi connectivity index (χ4n) is 1.98. The molecule has 1 aromatic rings. The number of carbonyl (C=O) groups excluding carboxylic acids is 1. The minimum atomic E-state index is -2.97. The number of ketones is 1. The van der Waals surface area contributed by atoms with E-state index in [0.29, 0.717) is 13.0 Å². The van der Waals surface area contributed by atoms with Gasteiger partial charge in [-0.1, -0.05) is 0 Å². The Bertz CT molecular complexity index is 538. The number of sulfone groups is 1. The molecule has 0 radical (unpaired) electrons. The highest BCUT2D eigenvalue weighted by Gasteiger charge is 2.26. The van der Waals surface area contributed by atoms with E-state index in [-0.39, 0.29) is 29.8 Å². The predicted molar refractivity (Wildman–Crippen MR) is 75.8 cm³/mol. The maximum Gasteiger partial charge on any atom is 0.153 e. The van der Waals surface area contributed by atoms with E-state index in [4.69, 9.17) is 0 Å². The molecule has 2 rings (SSSR count). The molecule has 1 unspecified atom stereocenters. The van der Waals surface area contributed by atoms with Gasteiger partial charge < -0.3 is 5.32 Å². The van der Waals surface area contributed by atoms with E-state index in [9.17, 15) is 13.2 Å². The molecule has 4 nitrogen and oxygen atoms in total. The zero-order valence-corrected chi connectivity index (χ0v) is 12.9. The van der Waals surface area contributed by atoms with Crippen molar-refractivity contribution < 1.29 is 13.2 Å². The van der Waals surface area contributed by atoms with E-state index < -0.39 is 9.84 Å². The summed E-state index contributed by atoms with van der Waals surface area (Å²) < 4.78 is 23.9. The largest absolute Gasteiger partial charge is 0.312 e. The highest BCUT2D eigenvalue weighted by Crippen LogP contribution is 2.23. The molecular weight excluding hydrogens is 338 g/mol. The summed E-state index contributed by atoms with van der Waals surface area (Å²) in [6.07, 6.45) is 0.653. The number of hydrogen-bond donors (Lipinski definition) is 1. The third-order valence-corrected chi connectivity index (χ3v) is 6.49. The molecular formula is C11H14BrNO3S2. The first kappa shape index (κ1) is 14.2. The van der Waals surface area contributed by atoms with E-state index in [2.05, 4.69) is 21.2 Å². The fourth-order valence-corrected chi connectivity index (χ4v) is 4.94. The van der Waals surface area contributed by atoms with Gasteiger partial charge in [0.1, 0.15) is 5.78 Å². The quantitative estimate of drug-likeness (QED) is 0.890. The van der Waals surface area contributed by atoms with Gasteiger partial charge in [0, 0.05) is 34.8 Å². The van der Waals surface area contributed by atoms with Gasteiger partial charge in [0.05, 0.1) is 11.5 Å². The number of nitrogens with one attached hydrogen (secondary N) is 1. The molecule has 0 saturated carbocycles. The van der Waals surface area contributed by atoms with Crippen LogP contribution >= 0.6 is 27.3 Å². The minimum Gasteiger partial charge on any atom is -0.312 e. The van der Waals surface area contributed by atoms with Crippen molar-refractivity contribution in [3.8, 4) is 0 Å². The lowest BCUT2D eigenvalue weighted by atomic mass is 10.1. The molecule has 1 aliphatic rings. The van der Waals surface area contributed by atoms with Gasteiger partial charge >= 0.3 is 0 Å². The van der Waals surface area contributed by atoms with Gasteiger partial charge in [0.15, 0.2) is 9.84 Å². The Balaban J connectivity index is 1.90. The van der Waals surface area contributed by atoms with Crippen LogP contribution in [0, 0.1) is 0 Å². The van der Waals surface area contributed by atoms with Crippen molar-refractivity contribution in [3.63, 3.8) is 0 Å². The molecule has 1 aromatic heterocycles. The Hall–Kier alpha value is -0.240. The Morgan fingerprint density at radius 2 is 2.33 bits per heavy atom. The molecule has 7 heteroatoms. The van der Waals surface area contributed by atoms with Gasteiger partial charge in [-0.2, -0.15) is 0 Å². The number of rotatable bonds is 4. The van der Waals surface area contributed by atoms with Crippen LogP contribution in [-0.4, -0.2) is 38.3 Å². The van der Waals surface area contributed by atoms with E-state index in [1.54, 1.807) is 0 Å². The average Bonchev–Trinajstić information content (AvgIpc) is 2.62. The van der Waals surface area contributed by atoms with Crippen LogP contribution in [0.1, 0.15) is 11.3 Å². The predicted octanol–water partition coefficient (Wildman–Crippen LogP) is 1.40. The van der Waals surface area contributed by atoms with E-state index in [1.807, 2.05) is 11.4 Å². The number of hydrogen-bond acceptors (Lipinski definition) is 5. The van der Waals surface area contributed by atoms with Crippen LogP contribution in [-0.2, 0) is 21.1 Å². The van der Waals surface area contributed by atoms with Crippen molar-refractivity contribution in [1.29, 1.82) is 0 Å². The van der Waals surface area contributed by atoms with Gasteiger partial charge in [-0.3, -0.25) is 4.79 Å². The van der Waals surface area contributed by atoms with Crippen LogP contribution in [0.25, 0.3) is 0 Å². The molecule has 1 aliphatic heterocycles. The second-order valence-electron chi connectivity index (χ2n) is 4.38. The summed E-state index contributed by atoms with van der Waals surface area (Å²) in [6, 6.07) is 1.69. The lowest BCUT2D eigenvalue weighted by Crippen LogP contribution is -2.46. The summed E-state index contributed by atoms with van der Waals surface area (Å²) in [6.45, 7) is 0.447. The normalized spacial score (nSPS) is 22.8. The van der Waals surface area contributed by atoms with Gasteiger partial charge in [0.2, 0.25) is 0 Å².